The topological polar surface area (TPSA) is 93.2 Å². The summed E-state index contributed by atoms with van der Waals surface area (Å²) in [4.78, 5) is 3.63. The van der Waals surface area contributed by atoms with Gasteiger partial charge in [-0.25, -0.2) is 21.8 Å². The standard InChI is InChI=1S/C27H32N2O4S2.C2H4.H2/c1-3-7-23(4-2)29-19-20-9-14-24(15-10-20)34(30,31)25-16-13-22(21-11-12-21)18-26(25)35(32,33)27-8-5-6-17-28-27;1-2;/h5-6,8-10,13-18,21,23,29H,3-4,7,11-12,19H2,1-2H3;1-2H2;1H. The van der Waals surface area contributed by atoms with Crippen LogP contribution in [0.15, 0.2) is 99.7 Å². The Balaban J connectivity index is 0.00000165. The van der Waals surface area contributed by atoms with E-state index in [1.54, 1.807) is 42.5 Å². The first-order chi connectivity index (χ1) is 17.8. The third-order valence-corrected chi connectivity index (χ3v) is 10.1. The minimum Gasteiger partial charge on any atom is -0.310 e. The van der Waals surface area contributed by atoms with Crippen molar-refractivity contribution >= 4 is 19.7 Å². The van der Waals surface area contributed by atoms with E-state index in [1.807, 2.05) is 0 Å². The molecule has 3 aromatic rings. The van der Waals surface area contributed by atoms with Crippen LogP contribution in [0.3, 0.4) is 0 Å². The van der Waals surface area contributed by atoms with E-state index in [-0.39, 0.29) is 27.1 Å². The number of benzene rings is 2. The number of hydrogen-bond acceptors (Lipinski definition) is 6. The molecule has 0 spiro atoms. The second kappa shape index (κ2) is 12.6. The largest absolute Gasteiger partial charge is 0.310 e. The Morgan fingerprint density at radius 2 is 1.65 bits per heavy atom. The number of nitrogens with zero attached hydrogens (tertiary/aromatic N) is 1. The van der Waals surface area contributed by atoms with Crippen LogP contribution in [0.2, 0.25) is 0 Å². The van der Waals surface area contributed by atoms with Crippen molar-refractivity contribution in [1.29, 1.82) is 0 Å². The smallest absolute Gasteiger partial charge is 0.225 e. The minimum absolute atomic E-state index is 0. The number of hydrogen-bond donors (Lipinski definition) is 1. The van der Waals surface area contributed by atoms with E-state index in [0.717, 1.165) is 43.2 Å². The van der Waals surface area contributed by atoms with Crippen LogP contribution in [-0.4, -0.2) is 27.9 Å². The van der Waals surface area contributed by atoms with Crippen LogP contribution in [0.5, 0.6) is 0 Å². The summed E-state index contributed by atoms with van der Waals surface area (Å²) in [5, 5.41) is 3.35. The van der Waals surface area contributed by atoms with Gasteiger partial charge in [-0.3, -0.25) is 0 Å². The van der Waals surface area contributed by atoms with Gasteiger partial charge in [-0.05, 0) is 79.1 Å². The molecule has 0 amide bonds. The average molecular weight is 543 g/mol. The lowest BCUT2D eigenvalue weighted by molar-refractivity contribution is 0.462. The fourth-order valence-electron chi connectivity index (χ4n) is 4.22. The van der Waals surface area contributed by atoms with E-state index < -0.39 is 19.7 Å². The third-order valence-electron chi connectivity index (χ3n) is 6.47. The number of rotatable bonds is 11. The number of sulfone groups is 2. The second-order valence-corrected chi connectivity index (χ2v) is 12.9. The van der Waals surface area contributed by atoms with Crippen molar-refractivity contribution in [2.45, 2.75) is 84.2 Å². The molecule has 1 saturated carbocycles. The highest BCUT2D eigenvalue weighted by Gasteiger charge is 2.33. The zero-order valence-electron chi connectivity index (χ0n) is 21.6. The van der Waals surface area contributed by atoms with Crippen LogP contribution in [0.4, 0.5) is 0 Å². The first kappa shape index (κ1) is 28.8. The maximum Gasteiger partial charge on any atom is 0.225 e. The summed E-state index contributed by atoms with van der Waals surface area (Å²) < 4.78 is 54.2. The molecule has 1 N–H and O–H groups in total. The fraction of sp³-hybridized carbons (Fsp3) is 0.345. The molecule has 1 atom stereocenters. The van der Waals surface area contributed by atoms with Crippen LogP contribution < -0.4 is 5.32 Å². The highest BCUT2D eigenvalue weighted by molar-refractivity contribution is 7.94. The summed E-state index contributed by atoms with van der Waals surface area (Å²) in [6.45, 7) is 11.0. The molecule has 0 radical (unpaired) electrons. The van der Waals surface area contributed by atoms with Crippen molar-refractivity contribution < 1.29 is 18.3 Å². The van der Waals surface area contributed by atoms with Gasteiger partial charge in [0.1, 0.15) is 0 Å². The Hall–Kier alpha value is -2.81. The number of pyridine rings is 1. The molecular formula is C29H38N2O4S2. The van der Waals surface area contributed by atoms with Crippen molar-refractivity contribution in [3.05, 3.63) is 91.1 Å². The van der Waals surface area contributed by atoms with Gasteiger partial charge in [-0.15, -0.1) is 13.2 Å². The molecule has 2 aromatic carbocycles. The van der Waals surface area contributed by atoms with E-state index in [1.165, 1.54) is 24.4 Å². The summed E-state index contributed by atoms with van der Waals surface area (Å²) in [6, 6.07) is 16.4. The molecule has 1 aliphatic rings. The first-order valence-electron chi connectivity index (χ1n) is 12.6. The van der Waals surface area contributed by atoms with E-state index in [2.05, 4.69) is 37.3 Å². The van der Waals surface area contributed by atoms with Gasteiger partial charge in [0, 0.05) is 20.2 Å². The lowest BCUT2D eigenvalue weighted by Gasteiger charge is -2.16. The second-order valence-electron chi connectivity index (χ2n) is 9.07. The van der Waals surface area contributed by atoms with Gasteiger partial charge < -0.3 is 5.32 Å². The molecule has 1 heterocycles. The molecule has 1 fully saturated rings. The Morgan fingerprint density at radius 3 is 2.22 bits per heavy atom. The molecule has 8 heteroatoms. The Labute approximate surface area is 223 Å². The Kier molecular flexibility index (Phi) is 9.81. The number of aromatic nitrogens is 1. The lowest BCUT2D eigenvalue weighted by atomic mass is 10.1. The van der Waals surface area contributed by atoms with Crippen LogP contribution in [0, 0.1) is 0 Å². The molecule has 0 aliphatic heterocycles. The predicted molar refractivity (Wildman–Crippen MR) is 149 cm³/mol. The van der Waals surface area contributed by atoms with Crippen molar-refractivity contribution in [2.24, 2.45) is 0 Å². The molecule has 1 unspecified atom stereocenters. The lowest BCUT2D eigenvalue weighted by Crippen LogP contribution is -2.27. The molecule has 1 aliphatic carbocycles. The van der Waals surface area contributed by atoms with Crippen molar-refractivity contribution in [2.75, 3.05) is 0 Å². The van der Waals surface area contributed by atoms with Gasteiger partial charge in [-0.2, -0.15) is 0 Å². The number of nitrogens with one attached hydrogen (secondary N) is 1. The SMILES string of the molecule is C=C.CCCC(CC)NCc1ccc(S(=O)(=O)c2ccc(C3CC3)cc2S(=O)(=O)c2ccccn2)cc1.[HH]. The van der Waals surface area contributed by atoms with Crippen LogP contribution in [0.1, 0.15) is 64.4 Å². The van der Waals surface area contributed by atoms with E-state index >= 15 is 0 Å². The molecular weight excluding hydrogens is 504 g/mol. The predicted octanol–water partition coefficient (Wildman–Crippen LogP) is 6.34. The zero-order valence-corrected chi connectivity index (χ0v) is 23.2. The van der Waals surface area contributed by atoms with Gasteiger partial charge in [0.25, 0.3) is 0 Å². The molecule has 37 heavy (non-hydrogen) atoms. The zero-order chi connectivity index (χ0) is 27.1. The normalized spacial score (nSPS) is 14.4. The quantitative estimate of drug-likeness (QED) is 0.284. The molecule has 200 valence electrons. The van der Waals surface area contributed by atoms with Crippen LogP contribution in [-0.2, 0) is 26.2 Å². The van der Waals surface area contributed by atoms with Gasteiger partial charge in [0.05, 0.1) is 14.7 Å². The Bertz CT molecular complexity index is 1390. The molecule has 4 rings (SSSR count). The summed E-state index contributed by atoms with van der Waals surface area (Å²) in [5.41, 5.74) is 1.82. The van der Waals surface area contributed by atoms with Crippen molar-refractivity contribution in [3.8, 4) is 0 Å². The molecule has 6 nitrogen and oxygen atoms in total. The summed E-state index contributed by atoms with van der Waals surface area (Å²) in [5.74, 6) is 0.274. The summed E-state index contributed by atoms with van der Waals surface area (Å²) in [6.07, 6.45) is 6.57. The monoisotopic (exact) mass is 542 g/mol. The first-order valence-corrected chi connectivity index (χ1v) is 15.6. The Morgan fingerprint density at radius 1 is 0.946 bits per heavy atom. The van der Waals surface area contributed by atoms with E-state index in [0.29, 0.717) is 12.6 Å². The van der Waals surface area contributed by atoms with Gasteiger partial charge in [-0.1, -0.05) is 44.5 Å². The maximum atomic E-state index is 13.6. The van der Waals surface area contributed by atoms with Crippen molar-refractivity contribution in [3.63, 3.8) is 0 Å². The van der Waals surface area contributed by atoms with E-state index in [4.69, 9.17) is 0 Å². The summed E-state index contributed by atoms with van der Waals surface area (Å²) in [7, 11) is -8.20. The van der Waals surface area contributed by atoms with Crippen LogP contribution in [0.25, 0.3) is 0 Å². The summed E-state index contributed by atoms with van der Waals surface area (Å²) >= 11 is 0. The van der Waals surface area contributed by atoms with Gasteiger partial charge in [0.15, 0.2) is 5.03 Å². The molecule has 0 bridgehead atoms. The van der Waals surface area contributed by atoms with E-state index in [9.17, 15) is 16.8 Å². The highest BCUT2D eigenvalue weighted by Crippen LogP contribution is 2.42. The van der Waals surface area contributed by atoms with Gasteiger partial charge >= 0.3 is 0 Å². The average Bonchev–Trinajstić information content (AvgIpc) is 3.78. The van der Waals surface area contributed by atoms with Crippen molar-refractivity contribution in [1.82, 2.24) is 10.3 Å². The third kappa shape index (κ3) is 6.74. The molecule has 1 aromatic heterocycles. The highest BCUT2D eigenvalue weighted by atomic mass is 32.2. The minimum atomic E-state index is -4.12. The molecule has 0 saturated heterocycles. The fourth-order valence-corrected chi connectivity index (χ4v) is 7.50. The van der Waals surface area contributed by atoms with Crippen LogP contribution >= 0.6 is 0 Å². The van der Waals surface area contributed by atoms with Gasteiger partial charge in [0.2, 0.25) is 19.7 Å². The maximum absolute atomic E-state index is 13.6.